The number of benzene rings is 1. The molecular formula is C21H26N6. The highest BCUT2D eigenvalue weighted by molar-refractivity contribution is 6.05. The van der Waals surface area contributed by atoms with E-state index in [0.29, 0.717) is 5.96 Å². The van der Waals surface area contributed by atoms with Crippen molar-refractivity contribution in [1.29, 1.82) is 0 Å². The largest absolute Gasteiger partial charge is 0.369 e. The monoisotopic (exact) mass is 362 g/mol. The first-order chi connectivity index (χ1) is 13.2. The van der Waals surface area contributed by atoms with Gasteiger partial charge in [-0.05, 0) is 68.4 Å². The Morgan fingerprint density at radius 1 is 0.963 bits per heavy atom. The maximum Gasteiger partial charge on any atom is 0.220 e. The number of aromatic nitrogens is 1. The summed E-state index contributed by atoms with van der Waals surface area (Å²) in [5, 5.41) is 0. The molecule has 0 atom stereocenters. The van der Waals surface area contributed by atoms with Gasteiger partial charge < -0.3 is 11.5 Å². The minimum Gasteiger partial charge on any atom is -0.369 e. The highest BCUT2D eigenvalue weighted by Gasteiger charge is 2.42. The third kappa shape index (κ3) is 3.65. The van der Waals surface area contributed by atoms with E-state index < -0.39 is 5.66 Å². The molecule has 2 aliphatic rings. The van der Waals surface area contributed by atoms with Gasteiger partial charge in [0.2, 0.25) is 11.9 Å². The van der Waals surface area contributed by atoms with E-state index in [1.165, 1.54) is 12.0 Å². The molecule has 1 saturated carbocycles. The summed E-state index contributed by atoms with van der Waals surface area (Å²) in [6.07, 6.45) is 9.04. The van der Waals surface area contributed by atoms with E-state index >= 15 is 0 Å². The summed E-state index contributed by atoms with van der Waals surface area (Å²) in [5.74, 6) is 0.725. The van der Waals surface area contributed by atoms with Crippen LogP contribution in [0, 0.1) is 0 Å². The Morgan fingerprint density at radius 3 is 2.59 bits per heavy atom. The van der Waals surface area contributed by atoms with Crippen LogP contribution in [-0.4, -0.2) is 22.6 Å². The van der Waals surface area contributed by atoms with Gasteiger partial charge in [-0.2, -0.15) is 4.99 Å². The number of rotatable bonds is 4. The number of hydrogen-bond acceptors (Lipinski definition) is 6. The minimum absolute atomic E-state index is 0.289. The molecule has 0 radical (unpaired) electrons. The average Bonchev–Trinajstić information content (AvgIpc) is 2.67. The summed E-state index contributed by atoms with van der Waals surface area (Å²) in [6.45, 7) is 0. The van der Waals surface area contributed by atoms with Crippen molar-refractivity contribution in [2.75, 3.05) is 4.90 Å². The van der Waals surface area contributed by atoms with Gasteiger partial charge in [0.05, 0.1) is 0 Å². The Kier molecular flexibility index (Phi) is 4.79. The molecule has 1 fully saturated rings. The second-order valence-electron chi connectivity index (χ2n) is 7.31. The highest BCUT2D eigenvalue weighted by atomic mass is 15.4. The van der Waals surface area contributed by atoms with Crippen molar-refractivity contribution < 1.29 is 0 Å². The van der Waals surface area contributed by atoms with Gasteiger partial charge in [-0.15, -0.1) is 0 Å². The first-order valence-electron chi connectivity index (χ1n) is 9.65. The molecule has 0 unspecified atom stereocenters. The first kappa shape index (κ1) is 17.5. The number of aryl methyl sites for hydroxylation is 2. The van der Waals surface area contributed by atoms with Crippen LogP contribution in [0.15, 0.2) is 58.6 Å². The van der Waals surface area contributed by atoms with E-state index in [0.717, 1.165) is 49.9 Å². The minimum atomic E-state index is -0.395. The molecule has 4 rings (SSSR count). The van der Waals surface area contributed by atoms with Crippen molar-refractivity contribution in [1.82, 2.24) is 4.98 Å². The van der Waals surface area contributed by atoms with Crippen LogP contribution in [0.2, 0.25) is 0 Å². The van der Waals surface area contributed by atoms with Crippen LogP contribution in [-0.2, 0) is 12.8 Å². The summed E-state index contributed by atoms with van der Waals surface area (Å²) >= 11 is 0. The third-order valence-corrected chi connectivity index (χ3v) is 5.42. The highest BCUT2D eigenvalue weighted by Crippen LogP contribution is 2.39. The van der Waals surface area contributed by atoms with Crippen LogP contribution in [0.1, 0.15) is 43.4 Å². The Labute approximate surface area is 160 Å². The molecule has 0 amide bonds. The standard InChI is InChI=1S/C21H26N6/c22-19-25-20(23)27(21(26-19)12-3-1-4-13-21)18-9-6-7-16(15-18)10-11-17-8-2-5-14-24-17/h2,5-9,14-15H,1,3-4,10-13H2,(H4,22,23,25,26). The van der Waals surface area contributed by atoms with Gasteiger partial charge >= 0.3 is 0 Å². The molecule has 27 heavy (non-hydrogen) atoms. The lowest BCUT2D eigenvalue weighted by atomic mass is 9.87. The van der Waals surface area contributed by atoms with Crippen molar-refractivity contribution in [3.05, 3.63) is 59.9 Å². The average molecular weight is 362 g/mol. The van der Waals surface area contributed by atoms with Crippen molar-refractivity contribution in [2.45, 2.75) is 50.6 Å². The molecule has 6 nitrogen and oxygen atoms in total. The summed E-state index contributed by atoms with van der Waals surface area (Å²) < 4.78 is 0. The van der Waals surface area contributed by atoms with Crippen LogP contribution >= 0.6 is 0 Å². The maximum atomic E-state index is 6.33. The smallest absolute Gasteiger partial charge is 0.220 e. The van der Waals surface area contributed by atoms with Gasteiger partial charge in [0.1, 0.15) is 5.66 Å². The molecule has 2 aromatic rings. The Hall–Kier alpha value is -2.89. The molecule has 140 valence electrons. The predicted octanol–water partition coefficient (Wildman–Crippen LogP) is 2.98. The quantitative estimate of drug-likeness (QED) is 0.874. The molecular weight excluding hydrogens is 336 g/mol. The van der Waals surface area contributed by atoms with E-state index in [4.69, 9.17) is 16.5 Å². The predicted molar refractivity (Wildman–Crippen MR) is 110 cm³/mol. The van der Waals surface area contributed by atoms with Crippen molar-refractivity contribution in [3.8, 4) is 0 Å². The van der Waals surface area contributed by atoms with E-state index in [9.17, 15) is 0 Å². The summed E-state index contributed by atoms with van der Waals surface area (Å²) in [5.41, 5.74) is 15.3. The molecule has 1 spiro atoms. The molecule has 2 heterocycles. The van der Waals surface area contributed by atoms with E-state index in [2.05, 4.69) is 45.2 Å². The van der Waals surface area contributed by atoms with Gasteiger partial charge in [-0.25, -0.2) is 4.99 Å². The summed E-state index contributed by atoms with van der Waals surface area (Å²) in [6, 6.07) is 14.5. The van der Waals surface area contributed by atoms with Crippen LogP contribution in [0.3, 0.4) is 0 Å². The Bertz CT molecular complexity index is 852. The third-order valence-electron chi connectivity index (χ3n) is 5.42. The fourth-order valence-corrected chi connectivity index (χ4v) is 4.16. The molecule has 1 aromatic carbocycles. The SMILES string of the molecule is NC1=NC2(CCCCC2)N(c2cccc(CCc3ccccn3)c2)C(N)=N1. The second kappa shape index (κ2) is 7.39. The topological polar surface area (TPSA) is 92.9 Å². The summed E-state index contributed by atoms with van der Waals surface area (Å²) in [7, 11) is 0. The van der Waals surface area contributed by atoms with E-state index in [1.54, 1.807) is 0 Å². The molecule has 1 aromatic heterocycles. The molecule has 1 aliphatic carbocycles. The number of guanidine groups is 2. The zero-order chi connectivity index (χ0) is 18.7. The normalized spacial score (nSPS) is 18.9. The van der Waals surface area contributed by atoms with Crippen LogP contribution in [0.5, 0.6) is 0 Å². The number of pyridine rings is 1. The van der Waals surface area contributed by atoms with Crippen LogP contribution < -0.4 is 16.4 Å². The number of nitrogens with zero attached hydrogens (tertiary/aromatic N) is 4. The van der Waals surface area contributed by atoms with Gasteiger partial charge in [-0.1, -0.05) is 24.6 Å². The zero-order valence-electron chi connectivity index (χ0n) is 15.5. The Balaban J connectivity index is 1.60. The lowest BCUT2D eigenvalue weighted by Gasteiger charge is -2.45. The molecule has 1 aliphatic heterocycles. The molecule has 4 N–H and O–H groups in total. The fourth-order valence-electron chi connectivity index (χ4n) is 4.16. The summed E-state index contributed by atoms with van der Waals surface area (Å²) in [4.78, 5) is 15.5. The van der Waals surface area contributed by atoms with E-state index in [-0.39, 0.29) is 5.96 Å². The first-order valence-corrected chi connectivity index (χ1v) is 9.65. The van der Waals surface area contributed by atoms with Gasteiger partial charge in [0, 0.05) is 17.6 Å². The molecule has 0 bridgehead atoms. The maximum absolute atomic E-state index is 6.33. The van der Waals surface area contributed by atoms with Gasteiger partial charge in [0.15, 0.2) is 0 Å². The number of hydrogen-bond donors (Lipinski definition) is 2. The molecule has 0 saturated heterocycles. The zero-order valence-corrected chi connectivity index (χ0v) is 15.5. The lowest BCUT2D eigenvalue weighted by Crippen LogP contribution is -2.58. The lowest BCUT2D eigenvalue weighted by molar-refractivity contribution is 0.305. The second-order valence-corrected chi connectivity index (χ2v) is 7.31. The van der Waals surface area contributed by atoms with Crippen molar-refractivity contribution in [3.63, 3.8) is 0 Å². The van der Waals surface area contributed by atoms with Crippen LogP contribution in [0.25, 0.3) is 0 Å². The van der Waals surface area contributed by atoms with Crippen LogP contribution in [0.4, 0.5) is 5.69 Å². The fraction of sp³-hybridized carbons (Fsp3) is 0.381. The van der Waals surface area contributed by atoms with Gasteiger partial charge in [0.25, 0.3) is 0 Å². The van der Waals surface area contributed by atoms with E-state index in [1.807, 2.05) is 18.3 Å². The van der Waals surface area contributed by atoms with Crippen molar-refractivity contribution >= 4 is 17.6 Å². The van der Waals surface area contributed by atoms with Crippen molar-refractivity contribution in [2.24, 2.45) is 21.5 Å². The Morgan fingerprint density at radius 2 is 1.81 bits per heavy atom. The number of aliphatic imine (C=N–C) groups is 2. The number of anilines is 1. The number of nitrogens with two attached hydrogens (primary N) is 2. The van der Waals surface area contributed by atoms with Gasteiger partial charge in [-0.3, -0.25) is 9.88 Å². The molecule has 6 heteroatoms.